The first-order chi connectivity index (χ1) is 8.20. The van der Waals surface area contributed by atoms with Crippen LogP contribution >= 0.6 is 0 Å². The van der Waals surface area contributed by atoms with E-state index in [9.17, 15) is 9.90 Å². The van der Waals surface area contributed by atoms with Crippen LogP contribution in [0.3, 0.4) is 0 Å². The lowest BCUT2D eigenvalue weighted by Gasteiger charge is -2.12. The lowest BCUT2D eigenvalue weighted by molar-refractivity contribution is 0.105. The third-order valence-electron chi connectivity index (χ3n) is 2.52. The van der Waals surface area contributed by atoms with Crippen LogP contribution in [0.25, 0.3) is 10.8 Å². The highest BCUT2D eigenvalue weighted by Gasteiger charge is 2.04. The van der Waals surface area contributed by atoms with Crippen LogP contribution in [0.2, 0.25) is 0 Å². The Bertz CT molecular complexity index is 565. The molecule has 17 heavy (non-hydrogen) atoms. The van der Waals surface area contributed by atoms with Gasteiger partial charge in [0.2, 0.25) is 5.56 Å². The highest BCUT2D eigenvalue weighted by atomic mass is 16.3. The van der Waals surface area contributed by atoms with Gasteiger partial charge in [0, 0.05) is 35.3 Å². The molecule has 0 bridgehead atoms. The molecule has 90 valence electrons. The van der Waals surface area contributed by atoms with Crippen LogP contribution in [0.4, 0.5) is 5.69 Å². The SMILES string of the molecule is O=c1cc2c(NCC(O)CO)cccc2c[nH]1. The molecular weight excluding hydrogens is 220 g/mol. The molecule has 0 aliphatic rings. The van der Waals surface area contributed by atoms with Gasteiger partial charge in [-0.05, 0) is 6.07 Å². The molecule has 1 aromatic heterocycles. The zero-order valence-corrected chi connectivity index (χ0v) is 9.18. The molecule has 5 nitrogen and oxygen atoms in total. The van der Waals surface area contributed by atoms with E-state index in [1.54, 1.807) is 6.20 Å². The molecule has 0 fully saturated rings. The van der Waals surface area contributed by atoms with Gasteiger partial charge in [0.25, 0.3) is 0 Å². The van der Waals surface area contributed by atoms with Crippen molar-refractivity contribution >= 4 is 16.5 Å². The number of anilines is 1. The second-order valence-electron chi connectivity index (χ2n) is 3.82. The summed E-state index contributed by atoms with van der Waals surface area (Å²) in [6.45, 7) is -0.0548. The second-order valence-corrected chi connectivity index (χ2v) is 3.82. The van der Waals surface area contributed by atoms with Gasteiger partial charge < -0.3 is 20.5 Å². The van der Waals surface area contributed by atoms with E-state index in [0.29, 0.717) is 0 Å². The molecule has 0 saturated heterocycles. The van der Waals surface area contributed by atoms with E-state index in [1.165, 1.54) is 6.07 Å². The van der Waals surface area contributed by atoms with Crippen molar-refractivity contribution in [3.63, 3.8) is 0 Å². The number of nitrogens with one attached hydrogen (secondary N) is 2. The smallest absolute Gasteiger partial charge is 0.248 e. The van der Waals surface area contributed by atoms with Gasteiger partial charge in [0.1, 0.15) is 0 Å². The number of aromatic amines is 1. The first-order valence-corrected chi connectivity index (χ1v) is 5.35. The van der Waals surface area contributed by atoms with Gasteiger partial charge in [-0.15, -0.1) is 0 Å². The summed E-state index contributed by atoms with van der Waals surface area (Å²) in [5.74, 6) is 0. The molecule has 1 unspecified atom stereocenters. The largest absolute Gasteiger partial charge is 0.394 e. The Hall–Kier alpha value is -1.85. The minimum Gasteiger partial charge on any atom is -0.394 e. The van der Waals surface area contributed by atoms with E-state index >= 15 is 0 Å². The molecule has 1 aromatic carbocycles. The predicted molar refractivity (Wildman–Crippen MR) is 66.2 cm³/mol. The van der Waals surface area contributed by atoms with Crippen LogP contribution in [0.15, 0.2) is 35.3 Å². The summed E-state index contributed by atoms with van der Waals surface area (Å²) in [5.41, 5.74) is 0.593. The van der Waals surface area contributed by atoms with Crippen molar-refractivity contribution in [1.82, 2.24) is 4.98 Å². The Morgan fingerprint density at radius 1 is 1.41 bits per heavy atom. The maximum Gasteiger partial charge on any atom is 0.248 e. The van der Waals surface area contributed by atoms with E-state index in [4.69, 9.17) is 5.11 Å². The molecule has 0 saturated carbocycles. The number of aliphatic hydroxyl groups excluding tert-OH is 2. The van der Waals surface area contributed by atoms with E-state index < -0.39 is 6.10 Å². The molecule has 0 radical (unpaired) electrons. The van der Waals surface area contributed by atoms with Gasteiger partial charge in [-0.2, -0.15) is 0 Å². The third kappa shape index (κ3) is 2.64. The number of hydrogen-bond donors (Lipinski definition) is 4. The molecule has 2 rings (SSSR count). The molecule has 4 N–H and O–H groups in total. The van der Waals surface area contributed by atoms with Crippen LogP contribution in [0.1, 0.15) is 0 Å². The third-order valence-corrected chi connectivity index (χ3v) is 2.52. The average molecular weight is 234 g/mol. The molecule has 1 heterocycles. The molecule has 5 heteroatoms. The number of fused-ring (bicyclic) bond motifs is 1. The standard InChI is InChI=1S/C12H14N2O3/c15-7-9(16)6-13-11-3-1-2-8-5-14-12(17)4-10(8)11/h1-5,9,13,15-16H,6-7H2,(H,14,17). The molecule has 0 spiro atoms. The van der Waals surface area contributed by atoms with Crippen LogP contribution in [0, 0.1) is 0 Å². The van der Waals surface area contributed by atoms with E-state index in [0.717, 1.165) is 16.5 Å². The Labute approximate surface area is 97.7 Å². The Morgan fingerprint density at radius 2 is 2.24 bits per heavy atom. The van der Waals surface area contributed by atoms with Gasteiger partial charge in [-0.25, -0.2) is 0 Å². The van der Waals surface area contributed by atoms with E-state index in [1.807, 2.05) is 18.2 Å². The van der Waals surface area contributed by atoms with Crippen molar-refractivity contribution in [2.24, 2.45) is 0 Å². The average Bonchev–Trinajstić information content (AvgIpc) is 2.35. The van der Waals surface area contributed by atoms with Gasteiger partial charge in [-0.1, -0.05) is 12.1 Å². The lowest BCUT2D eigenvalue weighted by atomic mass is 10.1. The van der Waals surface area contributed by atoms with E-state index in [2.05, 4.69) is 10.3 Å². The zero-order chi connectivity index (χ0) is 12.3. The summed E-state index contributed by atoms with van der Waals surface area (Å²) in [7, 11) is 0. The van der Waals surface area contributed by atoms with Crippen molar-refractivity contribution in [1.29, 1.82) is 0 Å². The van der Waals surface area contributed by atoms with Crippen molar-refractivity contribution in [2.45, 2.75) is 6.10 Å². The van der Waals surface area contributed by atoms with Crippen LogP contribution < -0.4 is 10.9 Å². The predicted octanol–water partition coefficient (Wildman–Crippen LogP) is 0.293. The maximum absolute atomic E-state index is 11.3. The molecule has 0 aliphatic carbocycles. The quantitative estimate of drug-likeness (QED) is 0.612. The zero-order valence-electron chi connectivity index (χ0n) is 9.18. The van der Waals surface area contributed by atoms with Crippen LogP contribution in [-0.2, 0) is 0 Å². The minimum absolute atomic E-state index is 0.172. The summed E-state index contributed by atoms with van der Waals surface area (Å²) in [4.78, 5) is 13.9. The second kappa shape index (κ2) is 4.99. The first-order valence-electron chi connectivity index (χ1n) is 5.35. The number of benzene rings is 1. The number of pyridine rings is 1. The van der Waals surface area contributed by atoms with Crippen molar-refractivity contribution in [2.75, 3.05) is 18.5 Å². The molecule has 0 aliphatic heterocycles. The number of aliphatic hydroxyl groups is 2. The number of H-pyrrole nitrogens is 1. The van der Waals surface area contributed by atoms with Crippen molar-refractivity contribution in [3.8, 4) is 0 Å². The normalized spacial score (nSPS) is 12.6. The summed E-state index contributed by atoms with van der Waals surface area (Å²) in [5, 5.41) is 22.7. The van der Waals surface area contributed by atoms with Gasteiger partial charge in [0.15, 0.2) is 0 Å². The summed E-state index contributed by atoms with van der Waals surface area (Å²) in [6.07, 6.45) is 0.831. The van der Waals surface area contributed by atoms with Gasteiger partial charge in [-0.3, -0.25) is 4.79 Å². The van der Waals surface area contributed by atoms with Gasteiger partial charge >= 0.3 is 0 Å². The van der Waals surface area contributed by atoms with Crippen molar-refractivity contribution < 1.29 is 10.2 Å². The highest BCUT2D eigenvalue weighted by molar-refractivity contribution is 5.93. The topological polar surface area (TPSA) is 85.3 Å². The number of hydrogen-bond acceptors (Lipinski definition) is 4. The summed E-state index contributed by atoms with van der Waals surface area (Å²) in [6, 6.07) is 7.07. The minimum atomic E-state index is -0.813. The monoisotopic (exact) mass is 234 g/mol. The van der Waals surface area contributed by atoms with Crippen LogP contribution in [0.5, 0.6) is 0 Å². The number of rotatable bonds is 4. The molecular formula is C12H14N2O3. The Kier molecular flexibility index (Phi) is 3.41. The molecule has 0 amide bonds. The Balaban J connectivity index is 2.33. The molecule has 1 atom stereocenters. The molecule has 2 aromatic rings. The fourth-order valence-corrected chi connectivity index (χ4v) is 1.64. The fraction of sp³-hybridized carbons (Fsp3) is 0.250. The lowest BCUT2D eigenvalue weighted by Crippen LogP contribution is -2.23. The van der Waals surface area contributed by atoms with E-state index in [-0.39, 0.29) is 18.7 Å². The highest BCUT2D eigenvalue weighted by Crippen LogP contribution is 2.20. The Morgan fingerprint density at radius 3 is 3.00 bits per heavy atom. The first kappa shape index (κ1) is 11.6. The van der Waals surface area contributed by atoms with Crippen molar-refractivity contribution in [3.05, 3.63) is 40.8 Å². The number of aromatic nitrogens is 1. The van der Waals surface area contributed by atoms with Gasteiger partial charge in [0.05, 0.1) is 12.7 Å². The maximum atomic E-state index is 11.3. The summed E-state index contributed by atoms with van der Waals surface area (Å²) < 4.78 is 0. The summed E-state index contributed by atoms with van der Waals surface area (Å²) >= 11 is 0. The fourth-order valence-electron chi connectivity index (χ4n) is 1.64. The van der Waals surface area contributed by atoms with Crippen LogP contribution in [-0.4, -0.2) is 34.5 Å².